The van der Waals surface area contributed by atoms with Crippen LogP contribution in [0.25, 0.3) is 0 Å². The van der Waals surface area contributed by atoms with E-state index in [-0.39, 0.29) is 12.5 Å². The van der Waals surface area contributed by atoms with Gasteiger partial charge in [-0.15, -0.1) is 0 Å². The van der Waals surface area contributed by atoms with Crippen molar-refractivity contribution in [2.24, 2.45) is 5.92 Å². The van der Waals surface area contributed by atoms with Crippen molar-refractivity contribution in [3.05, 3.63) is 12.2 Å². The molecule has 0 saturated heterocycles. The fourth-order valence-corrected chi connectivity index (χ4v) is 2.55. The Morgan fingerprint density at radius 1 is 1.64 bits per heavy atom. The van der Waals surface area contributed by atoms with E-state index in [9.17, 15) is 8.42 Å². The zero-order valence-corrected chi connectivity index (χ0v) is 9.25. The summed E-state index contributed by atoms with van der Waals surface area (Å²) in [6, 6.07) is 0. The highest BCUT2D eigenvalue weighted by molar-refractivity contribution is 7.86. The number of aliphatic hydroxyl groups is 1. The molecule has 2 atom stereocenters. The lowest BCUT2D eigenvalue weighted by atomic mass is 10.2. The third-order valence-corrected chi connectivity index (χ3v) is 2.94. The first-order valence-corrected chi connectivity index (χ1v) is 6.40. The highest BCUT2D eigenvalue weighted by Crippen LogP contribution is 2.50. The summed E-state index contributed by atoms with van der Waals surface area (Å²) in [5.74, 6) is 0.124. The van der Waals surface area contributed by atoms with E-state index in [1.54, 1.807) is 12.2 Å². The van der Waals surface area contributed by atoms with Crippen LogP contribution in [0.1, 0.15) is 19.8 Å². The summed E-state index contributed by atoms with van der Waals surface area (Å²) in [7, 11) is -3.43. The maximum absolute atomic E-state index is 11.0. The predicted molar refractivity (Wildman–Crippen MR) is 53.3 cm³/mol. The summed E-state index contributed by atoms with van der Waals surface area (Å²) in [4.78, 5) is 0. The van der Waals surface area contributed by atoms with Crippen molar-refractivity contribution < 1.29 is 17.7 Å². The molecule has 0 amide bonds. The second-order valence-electron chi connectivity index (χ2n) is 3.66. The second-order valence-corrected chi connectivity index (χ2v) is 5.23. The van der Waals surface area contributed by atoms with Gasteiger partial charge in [-0.1, -0.05) is 12.2 Å². The van der Waals surface area contributed by atoms with Crippen LogP contribution in [0.5, 0.6) is 0 Å². The average molecular weight is 220 g/mol. The Kier molecular flexibility index (Phi) is 3.34. The standard InChI is InChI=1S/C9H16O4S/c1-3-5-9(13-14(2,11)12)7-8(9)4-6-10/h3,5,8,10H,4,6-7H2,1-2H3/b5-3-/t8-,9+/m0/s1. The van der Waals surface area contributed by atoms with Crippen LogP contribution in [0.3, 0.4) is 0 Å². The molecule has 14 heavy (non-hydrogen) atoms. The number of allylic oxidation sites excluding steroid dienone is 1. The van der Waals surface area contributed by atoms with Crippen LogP contribution < -0.4 is 0 Å². The molecule has 0 aromatic rings. The molecule has 5 heteroatoms. The molecule has 4 nitrogen and oxygen atoms in total. The Hall–Kier alpha value is -0.390. The SMILES string of the molecule is C/C=C\[C@@]1(OS(C)(=O)=O)C[C@@H]1CCO. The topological polar surface area (TPSA) is 63.6 Å². The first-order valence-electron chi connectivity index (χ1n) is 4.59. The summed E-state index contributed by atoms with van der Waals surface area (Å²) in [5, 5.41) is 8.75. The van der Waals surface area contributed by atoms with Crippen LogP contribution in [0, 0.1) is 5.92 Å². The van der Waals surface area contributed by atoms with Gasteiger partial charge in [0.2, 0.25) is 0 Å². The third-order valence-electron chi connectivity index (χ3n) is 2.33. The van der Waals surface area contributed by atoms with E-state index in [1.165, 1.54) is 0 Å². The maximum Gasteiger partial charge on any atom is 0.265 e. The molecule has 1 aliphatic rings. The van der Waals surface area contributed by atoms with E-state index in [0.29, 0.717) is 12.8 Å². The van der Waals surface area contributed by atoms with Crippen molar-refractivity contribution in [2.45, 2.75) is 25.4 Å². The summed E-state index contributed by atoms with van der Waals surface area (Å²) < 4.78 is 27.0. The Bertz CT molecular complexity index is 320. The first kappa shape index (κ1) is 11.7. The number of rotatable bonds is 5. The molecule has 1 aliphatic carbocycles. The van der Waals surface area contributed by atoms with Crippen LogP contribution in [-0.2, 0) is 14.3 Å². The molecular formula is C9H16O4S. The summed E-state index contributed by atoms with van der Waals surface area (Å²) in [5.41, 5.74) is -0.676. The van der Waals surface area contributed by atoms with E-state index in [2.05, 4.69) is 0 Å². The van der Waals surface area contributed by atoms with E-state index in [1.807, 2.05) is 6.92 Å². The summed E-state index contributed by atoms with van der Waals surface area (Å²) >= 11 is 0. The molecule has 0 aromatic heterocycles. The quantitative estimate of drug-likeness (QED) is 0.546. The molecule has 1 fully saturated rings. The monoisotopic (exact) mass is 220 g/mol. The fourth-order valence-electron chi connectivity index (χ4n) is 1.73. The zero-order chi connectivity index (χ0) is 10.8. The largest absolute Gasteiger partial charge is 0.396 e. The maximum atomic E-state index is 11.0. The second kappa shape index (κ2) is 4.00. The van der Waals surface area contributed by atoms with E-state index in [0.717, 1.165) is 6.26 Å². The zero-order valence-electron chi connectivity index (χ0n) is 8.43. The average Bonchev–Trinajstić information content (AvgIpc) is 2.60. The van der Waals surface area contributed by atoms with Gasteiger partial charge in [0.05, 0.1) is 6.26 Å². The van der Waals surface area contributed by atoms with Crippen molar-refractivity contribution in [1.82, 2.24) is 0 Å². The van der Waals surface area contributed by atoms with Crippen molar-refractivity contribution in [2.75, 3.05) is 12.9 Å². The van der Waals surface area contributed by atoms with Gasteiger partial charge < -0.3 is 5.11 Å². The minimum atomic E-state index is -3.43. The van der Waals surface area contributed by atoms with Gasteiger partial charge in [0, 0.05) is 6.61 Å². The van der Waals surface area contributed by atoms with E-state index < -0.39 is 15.7 Å². The van der Waals surface area contributed by atoms with Gasteiger partial charge in [-0.05, 0) is 25.7 Å². The van der Waals surface area contributed by atoms with Crippen LogP contribution >= 0.6 is 0 Å². The Morgan fingerprint density at radius 2 is 2.29 bits per heavy atom. The van der Waals surface area contributed by atoms with Gasteiger partial charge in [-0.25, -0.2) is 0 Å². The number of aliphatic hydroxyl groups excluding tert-OH is 1. The summed E-state index contributed by atoms with van der Waals surface area (Å²) in [6.45, 7) is 1.89. The minimum Gasteiger partial charge on any atom is -0.396 e. The van der Waals surface area contributed by atoms with Gasteiger partial charge in [0.25, 0.3) is 10.1 Å². The highest BCUT2D eigenvalue weighted by Gasteiger charge is 2.55. The molecule has 0 heterocycles. The van der Waals surface area contributed by atoms with Crippen molar-refractivity contribution in [1.29, 1.82) is 0 Å². The van der Waals surface area contributed by atoms with Crippen LogP contribution in [-0.4, -0.2) is 32.0 Å². The molecule has 0 radical (unpaired) electrons. The van der Waals surface area contributed by atoms with E-state index >= 15 is 0 Å². The normalized spacial score (nSPS) is 32.4. The van der Waals surface area contributed by atoms with Crippen LogP contribution in [0.4, 0.5) is 0 Å². The van der Waals surface area contributed by atoms with Gasteiger partial charge in [-0.2, -0.15) is 8.42 Å². The number of hydrogen-bond donors (Lipinski definition) is 1. The molecule has 82 valence electrons. The fraction of sp³-hybridized carbons (Fsp3) is 0.778. The Balaban J connectivity index is 2.69. The van der Waals surface area contributed by atoms with Crippen LogP contribution in [0.2, 0.25) is 0 Å². The molecule has 0 unspecified atom stereocenters. The van der Waals surface area contributed by atoms with Crippen molar-refractivity contribution >= 4 is 10.1 Å². The number of hydrogen-bond acceptors (Lipinski definition) is 4. The highest BCUT2D eigenvalue weighted by atomic mass is 32.2. The summed E-state index contributed by atoms with van der Waals surface area (Å²) in [6.07, 6.45) is 5.84. The molecular weight excluding hydrogens is 204 g/mol. The van der Waals surface area contributed by atoms with Gasteiger partial charge in [0.15, 0.2) is 0 Å². The Morgan fingerprint density at radius 3 is 2.71 bits per heavy atom. The minimum absolute atomic E-state index is 0.0666. The molecule has 1 rings (SSSR count). The van der Waals surface area contributed by atoms with Crippen molar-refractivity contribution in [3.63, 3.8) is 0 Å². The molecule has 1 saturated carbocycles. The van der Waals surface area contributed by atoms with Crippen molar-refractivity contribution in [3.8, 4) is 0 Å². The molecule has 0 aliphatic heterocycles. The molecule has 1 N–H and O–H groups in total. The lowest BCUT2D eigenvalue weighted by Crippen LogP contribution is -2.19. The molecule has 0 bridgehead atoms. The lowest BCUT2D eigenvalue weighted by molar-refractivity contribution is 0.201. The van der Waals surface area contributed by atoms with E-state index in [4.69, 9.17) is 9.29 Å². The van der Waals surface area contributed by atoms with Crippen LogP contribution in [0.15, 0.2) is 12.2 Å². The first-order chi connectivity index (χ1) is 6.43. The van der Waals surface area contributed by atoms with Gasteiger partial charge >= 0.3 is 0 Å². The Labute approximate surface area is 84.7 Å². The smallest absolute Gasteiger partial charge is 0.265 e. The van der Waals surface area contributed by atoms with Gasteiger partial charge in [0.1, 0.15) is 5.60 Å². The molecule has 0 aromatic carbocycles. The predicted octanol–water partition coefficient (Wildman–Crippen LogP) is 0.680. The van der Waals surface area contributed by atoms with Gasteiger partial charge in [-0.3, -0.25) is 4.18 Å². The molecule has 0 spiro atoms. The lowest BCUT2D eigenvalue weighted by Gasteiger charge is -2.11. The third kappa shape index (κ3) is 2.80.